The molecule has 2 nitrogen and oxygen atoms in total. The third-order valence-corrected chi connectivity index (χ3v) is 4.83. The number of rotatable bonds is 4. The van der Waals surface area contributed by atoms with Crippen molar-refractivity contribution in [2.45, 2.75) is 18.5 Å². The highest BCUT2D eigenvalue weighted by atomic mass is 35.5. The van der Waals surface area contributed by atoms with E-state index < -0.39 is 0 Å². The molecule has 5 heteroatoms. The molecule has 136 valence electrons. The van der Waals surface area contributed by atoms with Crippen LogP contribution in [-0.4, -0.2) is 5.84 Å². The van der Waals surface area contributed by atoms with E-state index in [4.69, 9.17) is 16.6 Å². The first-order chi connectivity index (χ1) is 13.1. The van der Waals surface area contributed by atoms with Crippen LogP contribution in [0.2, 0.25) is 5.02 Å². The molecule has 1 aliphatic heterocycles. The van der Waals surface area contributed by atoms with Crippen LogP contribution in [0.15, 0.2) is 77.8 Å². The summed E-state index contributed by atoms with van der Waals surface area (Å²) in [4.78, 5) is 4.79. The maximum absolute atomic E-state index is 13.8. The molecule has 3 aromatic carbocycles. The summed E-state index contributed by atoms with van der Waals surface area (Å²) in [6, 6.07) is 19.8. The van der Waals surface area contributed by atoms with Crippen LogP contribution in [0.5, 0.6) is 0 Å². The Hall–Kier alpha value is -2.72. The first-order valence-corrected chi connectivity index (χ1v) is 9.05. The lowest BCUT2D eigenvalue weighted by Crippen LogP contribution is -2.25. The van der Waals surface area contributed by atoms with Crippen molar-refractivity contribution in [3.05, 3.63) is 106 Å². The SMILES string of the molecule is Fc1cccc([C@H]2NC(Cc3cccc(Cl)c3)=N[C@H]2c2cccc(F)c2)c1. The molecule has 0 amide bonds. The van der Waals surface area contributed by atoms with Gasteiger partial charge in [0, 0.05) is 11.4 Å². The molecule has 1 aliphatic rings. The lowest BCUT2D eigenvalue weighted by Gasteiger charge is -2.20. The second-order valence-electron chi connectivity index (χ2n) is 6.56. The van der Waals surface area contributed by atoms with E-state index in [1.165, 1.54) is 24.3 Å². The summed E-state index contributed by atoms with van der Waals surface area (Å²) in [5.41, 5.74) is 2.54. The monoisotopic (exact) mass is 382 g/mol. The van der Waals surface area contributed by atoms with E-state index in [0.29, 0.717) is 11.4 Å². The van der Waals surface area contributed by atoms with Gasteiger partial charge in [-0.25, -0.2) is 8.78 Å². The van der Waals surface area contributed by atoms with Gasteiger partial charge in [0.2, 0.25) is 0 Å². The lowest BCUT2D eigenvalue weighted by molar-refractivity contribution is 0.555. The molecule has 1 N–H and O–H groups in total. The maximum atomic E-state index is 13.8. The predicted octanol–water partition coefficient (Wildman–Crippen LogP) is 5.65. The van der Waals surface area contributed by atoms with E-state index in [2.05, 4.69) is 5.32 Å². The molecule has 0 saturated heterocycles. The summed E-state index contributed by atoms with van der Waals surface area (Å²) in [7, 11) is 0. The Morgan fingerprint density at radius 3 is 2.22 bits per heavy atom. The standard InChI is InChI=1S/C22H17ClF2N2/c23-17-7-1-4-14(10-17)11-20-26-21(15-5-2-8-18(24)12-15)22(27-20)16-6-3-9-19(25)13-16/h1-10,12-13,21-22H,11H2,(H,26,27)/t21-,22+. The van der Waals surface area contributed by atoms with Crippen LogP contribution in [0.3, 0.4) is 0 Å². The van der Waals surface area contributed by atoms with Crippen LogP contribution in [0.4, 0.5) is 8.78 Å². The summed E-state index contributed by atoms with van der Waals surface area (Å²) in [6.45, 7) is 0. The number of nitrogens with one attached hydrogen (secondary N) is 1. The fraction of sp³-hybridized carbons (Fsp3) is 0.136. The van der Waals surface area contributed by atoms with E-state index in [1.807, 2.05) is 36.4 Å². The van der Waals surface area contributed by atoms with Gasteiger partial charge in [-0.2, -0.15) is 0 Å². The van der Waals surface area contributed by atoms with E-state index in [0.717, 1.165) is 22.5 Å². The first-order valence-electron chi connectivity index (χ1n) is 8.67. The summed E-state index contributed by atoms with van der Waals surface area (Å²) >= 11 is 6.07. The van der Waals surface area contributed by atoms with Gasteiger partial charge in [0.1, 0.15) is 23.5 Å². The Morgan fingerprint density at radius 2 is 1.52 bits per heavy atom. The molecular weight excluding hydrogens is 366 g/mol. The highest BCUT2D eigenvalue weighted by Crippen LogP contribution is 2.37. The maximum Gasteiger partial charge on any atom is 0.123 e. The van der Waals surface area contributed by atoms with Crippen molar-refractivity contribution in [3.63, 3.8) is 0 Å². The fourth-order valence-electron chi connectivity index (χ4n) is 3.40. The highest BCUT2D eigenvalue weighted by Gasteiger charge is 2.31. The topological polar surface area (TPSA) is 24.4 Å². The zero-order chi connectivity index (χ0) is 18.8. The largest absolute Gasteiger partial charge is 0.364 e. The second kappa shape index (κ2) is 7.49. The van der Waals surface area contributed by atoms with Gasteiger partial charge in [0.05, 0.1) is 6.04 Å². The highest BCUT2D eigenvalue weighted by molar-refractivity contribution is 6.30. The van der Waals surface area contributed by atoms with Crippen molar-refractivity contribution in [3.8, 4) is 0 Å². The van der Waals surface area contributed by atoms with Gasteiger partial charge in [0.15, 0.2) is 0 Å². The Balaban J connectivity index is 1.69. The number of amidine groups is 1. The van der Waals surface area contributed by atoms with Gasteiger partial charge in [0.25, 0.3) is 0 Å². The Kier molecular flexibility index (Phi) is 4.90. The van der Waals surface area contributed by atoms with Crippen LogP contribution < -0.4 is 5.32 Å². The zero-order valence-electron chi connectivity index (χ0n) is 14.4. The van der Waals surface area contributed by atoms with Crippen molar-refractivity contribution in [1.29, 1.82) is 0 Å². The minimum atomic E-state index is -0.336. The molecule has 0 radical (unpaired) electrons. The average molecular weight is 383 g/mol. The van der Waals surface area contributed by atoms with Gasteiger partial charge in [-0.3, -0.25) is 4.99 Å². The number of hydrogen-bond donors (Lipinski definition) is 1. The summed E-state index contributed by atoms with van der Waals surface area (Å²) < 4.78 is 27.5. The van der Waals surface area contributed by atoms with Crippen LogP contribution in [0, 0.1) is 11.6 Å². The normalized spacial score (nSPS) is 18.9. The van der Waals surface area contributed by atoms with Gasteiger partial charge in [-0.05, 0) is 53.1 Å². The van der Waals surface area contributed by atoms with Crippen LogP contribution in [-0.2, 0) is 6.42 Å². The number of halogens is 3. The summed E-state index contributed by atoms with van der Waals surface area (Å²) in [5, 5.41) is 4.05. The lowest BCUT2D eigenvalue weighted by atomic mass is 9.95. The molecule has 1 heterocycles. The number of aliphatic imine (C=N–C) groups is 1. The molecule has 0 aromatic heterocycles. The third-order valence-electron chi connectivity index (χ3n) is 4.59. The van der Waals surface area contributed by atoms with Crippen LogP contribution in [0.1, 0.15) is 28.8 Å². The van der Waals surface area contributed by atoms with Gasteiger partial charge in [-0.1, -0.05) is 48.0 Å². The van der Waals surface area contributed by atoms with Crippen molar-refractivity contribution < 1.29 is 8.78 Å². The van der Waals surface area contributed by atoms with E-state index >= 15 is 0 Å². The van der Waals surface area contributed by atoms with Crippen molar-refractivity contribution in [1.82, 2.24) is 5.32 Å². The van der Waals surface area contributed by atoms with E-state index in [-0.39, 0.29) is 23.7 Å². The number of nitrogens with zero attached hydrogens (tertiary/aromatic N) is 1. The first kappa shape index (κ1) is 17.7. The van der Waals surface area contributed by atoms with Crippen molar-refractivity contribution in [2.75, 3.05) is 0 Å². The molecule has 4 rings (SSSR count). The molecule has 0 saturated carbocycles. The van der Waals surface area contributed by atoms with E-state index in [1.54, 1.807) is 12.1 Å². The van der Waals surface area contributed by atoms with Gasteiger partial charge < -0.3 is 5.32 Å². The number of hydrogen-bond acceptors (Lipinski definition) is 2. The molecule has 27 heavy (non-hydrogen) atoms. The van der Waals surface area contributed by atoms with E-state index in [9.17, 15) is 8.78 Å². The molecule has 2 atom stereocenters. The molecular formula is C22H17ClF2N2. The minimum absolute atomic E-state index is 0.267. The molecule has 0 unspecified atom stereocenters. The molecule has 0 spiro atoms. The third kappa shape index (κ3) is 4.01. The number of benzene rings is 3. The zero-order valence-corrected chi connectivity index (χ0v) is 15.1. The Labute approximate surface area is 161 Å². The Morgan fingerprint density at radius 1 is 0.852 bits per heavy atom. The van der Waals surface area contributed by atoms with Gasteiger partial charge >= 0.3 is 0 Å². The summed E-state index contributed by atoms with van der Waals surface area (Å²) in [5.74, 6) is 0.139. The summed E-state index contributed by atoms with van der Waals surface area (Å²) in [6.07, 6.45) is 0.568. The molecule has 3 aromatic rings. The fourth-order valence-corrected chi connectivity index (χ4v) is 3.61. The molecule has 0 aliphatic carbocycles. The Bertz CT molecular complexity index is 1000. The van der Waals surface area contributed by atoms with Gasteiger partial charge in [-0.15, -0.1) is 0 Å². The minimum Gasteiger partial charge on any atom is -0.364 e. The second-order valence-corrected chi connectivity index (χ2v) is 7.00. The average Bonchev–Trinajstić information content (AvgIpc) is 3.06. The smallest absolute Gasteiger partial charge is 0.123 e. The quantitative estimate of drug-likeness (QED) is 0.620. The van der Waals surface area contributed by atoms with Crippen LogP contribution in [0.25, 0.3) is 0 Å². The van der Waals surface area contributed by atoms with Crippen LogP contribution >= 0.6 is 11.6 Å². The predicted molar refractivity (Wildman–Crippen MR) is 104 cm³/mol. The van der Waals surface area contributed by atoms with Crippen molar-refractivity contribution >= 4 is 17.4 Å². The molecule has 0 bridgehead atoms. The molecule has 0 fully saturated rings. The van der Waals surface area contributed by atoms with Crippen molar-refractivity contribution in [2.24, 2.45) is 4.99 Å².